The monoisotopic (exact) mass is 206 g/mol. The molecule has 0 radical (unpaired) electrons. The van der Waals surface area contributed by atoms with Gasteiger partial charge in [0.25, 0.3) is 5.96 Å². The third-order valence-corrected chi connectivity index (χ3v) is 1.83. The highest BCUT2D eigenvalue weighted by molar-refractivity contribution is 5.77. The summed E-state index contributed by atoms with van der Waals surface area (Å²) in [6.07, 6.45) is 1.72. The van der Waals surface area contributed by atoms with Crippen LogP contribution >= 0.6 is 0 Å². The van der Waals surface area contributed by atoms with Crippen molar-refractivity contribution < 1.29 is 5.10 Å². The lowest BCUT2D eigenvalue weighted by atomic mass is 10.2. The van der Waals surface area contributed by atoms with E-state index in [0.29, 0.717) is 0 Å². The molecule has 0 unspecified atom stereocenters. The maximum atomic E-state index is 5.16. The molecule has 5 N–H and O–H groups in total. The van der Waals surface area contributed by atoms with E-state index in [1.165, 1.54) is 0 Å². The zero-order valence-electron chi connectivity index (χ0n) is 8.94. The number of benzene rings is 1. The summed E-state index contributed by atoms with van der Waals surface area (Å²) in [5.74, 6) is 0.0103. The molecule has 1 rings (SSSR count). The van der Waals surface area contributed by atoms with Crippen molar-refractivity contribution >= 4 is 17.9 Å². The minimum absolute atomic E-state index is 0.0103. The van der Waals surface area contributed by atoms with Gasteiger partial charge in [0.05, 0.1) is 0 Å². The lowest BCUT2D eigenvalue weighted by Gasteiger charge is -2.11. The van der Waals surface area contributed by atoms with E-state index < -0.39 is 0 Å². The number of hydrogen-bond donors (Lipinski definition) is 3. The highest BCUT2D eigenvalue weighted by Crippen LogP contribution is 2.10. The first-order chi connectivity index (χ1) is 7.09. The molecule has 0 aliphatic heterocycles. The predicted octanol–water partition coefficient (Wildman–Crippen LogP) is -1.56. The number of guanidine groups is 1. The maximum Gasteiger partial charge on any atom is 0.256 e. The highest BCUT2D eigenvalue weighted by Gasteiger charge is 1.95. The van der Waals surface area contributed by atoms with Crippen LogP contribution in [0.15, 0.2) is 29.4 Å². The van der Waals surface area contributed by atoms with Gasteiger partial charge in [0.15, 0.2) is 0 Å². The summed E-state index contributed by atoms with van der Waals surface area (Å²) in [5.41, 5.74) is 12.5. The Kier molecular flexibility index (Phi) is 3.68. The molecule has 0 fully saturated rings. The molecule has 0 saturated carbocycles. The minimum atomic E-state index is 0.0103. The standard InChI is InChI=1S/C10H15N5/c1-15(2)9-5-3-8(4-6-9)7-13-14-10(11)12/h3-7H,1-2H3,(H4,11,12,14)/p+1/b13-7+. The van der Waals surface area contributed by atoms with Crippen LogP contribution in [0.2, 0.25) is 0 Å². The Morgan fingerprint density at radius 1 is 1.27 bits per heavy atom. The van der Waals surface area contributed by atoms with Crippen LogP contribution in [0.5, 0.6) is 0 Å². The van der Waals surface area contributed by atoms with Crippen LogP contribution in [0, 0.1) is 0 Å². The summed E-state index contributed by atoms with van der Waals surface area (Å²) in [5, 5.41) is 6.28. The molecule has 5 nitrogen and oxygen atoms in total. The number of hydrazone groups is 1. The van der Waals surface area contributed by atoms with E-state index >= 15 is 0 Å². The summed E-state index contributed by atoms with van der Waals surface area (Å²) in [6.45, 7) is 0. The van der Waals surface area contributed by atoms with Crippen molar-refractivity contribution in [2.24, 2.45) is 16.6 Å². The molecular formula is C10H16N5+. The molecule has 0 bridgehead atoms. The molecule has 0 aliphatic carbocycles. The topological polar surface area (TPSA) is 81.6 Å². The summed E-state index contributed by atoms with van der Waals surface area (Å²) in [7, 11) is 3.99. The Labute approximate surface area is 89.1 Å². The summed E-state index contributed by atoms with van der Waals surface area (Å²) in [6, 6.07) is 7.99. The van der Waals surface area contributed by atoms with Crippen LogP contribution in [0.1, 0.15) is 5.56 Å². The van der Waals surface area contributed by atoms with Crippen LogP contribution in [-0.2, 0) is 0 Å². The van der Waals surface area contributed by atoms with Crippen LogP contribution in [0.4, 0.5) is 5.69 Å². The average Bonchev–Trinajstić information content (AvgIpc) is 2.18. The third kappa shape index (κ3) is 3.68. The van der Waals surface area contributed by atoms with E-state index in [0.717, 1.165) is 11.3 Å². The molecule has 0 aromatic heterocycles. The van der Waals surface area contributed by atoms with Crippen molar-refractivity contribution in [3.8, 4) is 0 Å². The first-order valence-electron chi connectivity index (χ1n) is 4.54. The zero-order chi connectivity index (χ0) is 11.3. The second kappa shape index (κ2) is 4.99. The molecule has 1 aromatic rings. The molecular weight excluding hydrogens is 190 g/mol. The molecule has 1 aromatic carbocycles. The Hall–Kier alpha value is -2.04. The van der Waals surface area contributed by atoms with Crippen molar-refractivity contribution in [2.45, 2.75) is 0 Å². The second-order valence-electron chi connectivity index (χ2n) is 3.30. The van der Waals surface area contributed by atoms with Gasteiger partial charge in [0, 0.05) is 30.4 Å². The number of hydrogen-bond acceptors (Lipinski definition) is 2. The van der Waals surface area contributed by atoms with Gasteiger partial charge in [-0.25, -0.2) is 0 Å². The number of anilines is 1. The largest absolute Gasteiger partial charge is 0.378 e. The van der Waals surface area contributed by atoms with Gasteiger partial charge in [0.1, 0.15) is 0 Å². The molecule has 0 saturated heterocycles. The third-order valence-electron chi connectivity index (χ3n) is 1.83. The first-order valence-corrected chi connectivity index (χ1v) is 4.54. The zero-order valence-corrected chi connectivity index (χ0v) is 8.94. The first kappa shape index (κ1) is 11.0. The fourth-order valence-corrected chi connectivity index (χ4v) is 1.05. The van der Waals surface area contributed by atoms with Gasteiger partial charge >= 0.3 is 0 Å². The van der Waals surface area contributed by atoms with Gasteiger partial charge in [0.2, 0.25) is 6.21 Å². The molecule has 5 heteroatoms. The van der Waals surface area contributed by atoms with Crippen molar-refractivity contribution in [3.63, 3.8) is 0 Å². The molecule has 0 amide bonds. The van der Waals surface area contributed by atoms with Gasteiger partial charge < -0.3 is 16.4 Å². The SMILES string of the molecule is CN(C)c1ccc(/C=[NH+]/N=C(N)N)cc1. The Bertz CT molecular complexity index is 360. The van der Waals surface area contributed by atoms with E-state index in [9.17, 15) is 0 Å². The highest BCUT2D eigenvalue weighted by atomic mass is 15.3. The number of rotatable bonds is 3. The fraction of sp³-hybridized carbons (Fsp3) is 0.200. The fourth-order valence-electron chi connectivity index (χ4n) is 1.05. The summed E-state index contributed by atoms with van der Waals surface area (Å²) >= 11 is 0. The van der Waals surface area contributed by atoms with Gasteiger partial charge in [-0.2, -0.15) is 0 Å². The van der Waals surface area contributed by atoms with Crippen LogP contribution in [0.25, 0.3) is 0 Å². The van der Waals surface area contributed by atoms with E-state index in [2.05, 4.69) is 10.2 Å². The normalized spacial score (nSPS) is 10.3. The van der Waals surface area contributed by atoms with Crippen LogP contribution in [0.3, 0.4) is 0 Å². The smallest absolute Gasteiger partial charge is 0.256 e. The van der Waals surface area contributed by atoms with Gasteiger partial charge in [-0.05, 0) is 24.3 Å². The van der Waals surface area contributed by atoms with Crippen molar-refractivity contribution in [1.82, 2.24) is 0 Å². The summed E-state index contributed by atoms with van der Waals surface area (Å²) in [4.78, 5) is 2.03. The lowest BCUT2D eigenvalue weighted by molar-refractivity contribution is -0.456. The predicted molar refractivity (Wildman–Crippen MR) is 62.7 cm³/mol. The molecule has 0 aliphatic rings. The number of nitrogens with one attached hydrogen (secondary N) is 1. The van der Waals surface area contributed by atoms with E-state index in [-0.39, 0.29) is 5.96 Å². The quantitative estimate of drug-likeness (QED) is 0.318. The molecule has 0 spiro atoms. The van der Waals surface area contributed by atoms with Gasteiger partial charge in [-0.15, -0.1) is 5.10 Å². The molecule has 0 heterocycles. The second-order valence-corrected chi connectivity index (χ2v) is 3.30. The van der Waals surface area contributed by atoms with Crippen LogP contribution < -0.4 is 21.5 Å². The Morgan fingerprint density at radius 3 is 2.33 bits per heavy atom. The number of nitrogens with two attached hydrogens (primary N) is 2. The van der Waals surface area contributed by atoms with Crippen molar-refractivity contribution in [1.29, 1.82) is 0 Å². The number of nitrogens with zero attached hydrogens (tertiary/aromatic N) is 2. The minimum Gasteiger partial charge on any atom is -0.378 e. The van der Waals surface area contributed by atoms with E-state index in [1.54, 1.807) is 6.21 Å². The molecule has 80 valence electrons. The van der Waals surface area contributed by atoms with Crippen molar-refractivity contribution in [2.75, 3.05) is 19.0 Å². The summed E-state index contributed by atoms with van der Waals surface area (Å²) < 4.78 is 0. The van der Waals surface area contributed by atoms with Crippen molar-refractivity contribution in [3.05, 3.63) is 29.8 Å². The maximum absolute atomic E-state index is 5.16. The Balaban J connectivity index is 2.73. The van der Waals surface area contributed by atoms with Gasteiger partial charge in [-0.3, -0.25) is 0 Å². The molecule has 0 atom stereocenters. The Morgan fingerprint density at radius 2 is 1.87 bits per heavy atom. The van der Waals surface area contributed by atoms with E-state index in [1.807, 2.05) is 43.3 Å². The molecule has 15 heavy (non-hydrogen) atoms. The van der Waals surface area contributed by atoms with Gasteiger partial charge in [-0.1, -0.05) is 0 Å². The average molecular weight is 206 g/mol. The van der Waals surface area contributed by atoms with E-state index in [4.69, 9.17) is 11.5 Å². The van der Waals surface area contributed by atoms with Crippen LogP contribution in [-0.4, -0.2) is 26.3 Å². The lowest BCUT2D eigenvalue weighted by Crippen LogP contribution is -2.63.